The quantitative estimate of drug-likeness (QED) is 0.299. The first-order valence-electron chi connectivity index (χ1n) is 14.5. The monoisotopic (exact) mass is 538 g/mol. The van der Waals surface area contributed by atoms with E-state index in [1.165, 1.54) is 6.92 Å². The molecular weight excluding hydrogens is 496 g/mol. The minimum absolute atomic E-state index is 0.0729. The number of rotatable bonds is 2. The van der Waals surface area contributed by atoms with Crippen LogP contribution >= 0.6 is 0 Å². The molecule has 2 spiro atoms. The number of fused-ring (bicyclic) bond motifs is 2. The summed E-state index contributed by atoms with van der Waals surface area (Å²) in [6.45, 7) is 17.5. The molecule has 0 aromatic carbocycles. The highest BCUT2D eigenvalue weighted by molar-refractivity contribution is 6.05. The summed E-state index contributed by atoms with van der Waals surface area (Å²) in [5.41, 5.74) is 2.15. The molecule has 7 heteroatoms. The molecule has 0 unspecified atom stereocenters. The summed E-state index contributed by atoms with van der Waals surface area (Å²) in [6.07, 6.45) is 2.60. The van der Waals surface area contributed by atoms with Crippen LogP contribution in [0.4, 0.5) is 0 Å². The van der Waals surface area contributed by atoms with Crippen molar-refractivity contribution in [1.29, 1.82) is 0 Å². The Balaban J connectivity index is 1.67. The van der Waals surface area contributed by atoms with E-state index in [1.54, 1.807) is 0 Å². The lowest BCUT2D eigenvalue weighted by Gasteiger charge is -2.50. The van der Waals surface area contributed by atoms with E-state index >= 15 is 0 Å². The van der Waals surface area contributed by atoms with Gasteiger partial charge in [-0.25, -0.2) is 4.89 Å². The van der Waals surface area contributed by atoms with E-state index in [9.17, 15) is 19.5 Å². The van der Waals surface area contributed by atoms with Crippen molar-refractivity contribution < 1.29 is 34.0 Å². The highest BCUT2D eigenvalue weighted by Gasteiger charge is 2.82. The predicted octanol–water partition coefficient (Wildman–Crippen LogP) is 5.03. The molecule has 0 aromatic rings. The maximum atomic E-state index is 14.6. The topological polar surface area (TPSA) is 99.1 Å². The number of aliphatic hydroxyl groups is 1. The summed E-state index contributed by atoms with van der Waals surface area (Å²) in [7, 11) is 0. The molecule has 2 bridgehead atoms. The van der Waals surface area contributed by atoms with Crippen LogP contribution in [0.15, 0.2) is 33.9 Å². The van der Waals surface area contributed by atoms with Gasteiger partial charge in [0.25, 0.3) is 0 Å². The molecule has 9 atom stereocenters. The fourth-order valence-electron chi connectivity index (χ4n) is 10.2. The van der Waals surface area contributed by atoms with Crippen molar-refractivity contribution in [3.63, 3.8) is 0 Å². The van der Waals surface area contributed by atoms with Crippen molar-refractivity contribution in [3.8, 4) is 0 Å². The molecule has 3 fully saturated rings. The standard InChI is InChI=1S/C32H42O7/c1-14(2)20-11-21-17(5)25-28(37-19(7)33)32(21,15(3)10-23(20)34)27-26(35)18(6)22-12-24-29(8,9)38-39-30(24,36)13-16(4)31(22,25)27/h12,14-16,20,25,27-28,36H,10-11,13H2,1-9H3/t15-,16-,20+,25-,27-,28+,30+,31-,32-/m0/s1. The zero-order valence-corrected chi connectivity index (χ0v) is 24.6. The van der Waals surface area contributed by atoms with E-state index in [4.69, 9.17) is 14.5 Å². The van der Waals surface area contributed by atoms with Crippen molar-refractivity contribution in [2.24, 2.45) is 46.3 Å². The number of esters is 1. The van der Waals surface area contributed by atoms with Crippen LogP contribution in [0, 0.1) is 46.3 Å². The van der Waals surface area contributed by atoms with Gasteiger partial charge in [0.05, 0.1) is 0 Å². The molecule has 2 saturated carbocycles. The van der Waals surface area contributed by atoms with Crippen molar-refractivity contribution in [3.05, 3.63) is 33.9 Å². The lowest BCUT2D eigenvalue weighted by atomic mass is 9.51. The number of carbonyl (C=O) groups excluding carboxylic acids is 3. The van der Waals surface area contributed by atoms with E-state index in [0.717, 1.165) is 16.7 Å². The van der Waals surface area contributed by atoms with E-state index in [1.807, 2.05) is 26.8 Å². The molecule has 0 aromatic heterocycles. The van der Waals surface area contributed by atoms with Gasteiger partial charge in [-0.1, -0.05) is 44.9 Å². The van der Waals surface area contributed by atoms with Crippen molar-refractivity contribution in [2.75, 3.05) is 0 Å². The van der Waals surface area contributed by atoms with Crippen LogP contribution in [0.3, 0.4) is 0 Å². The van der Waals surface area contributed by atoms with Gasteiger partial charge in [-0.3, -0.25) is 14.4 Å². The van der Waals surface area contributed by atoms with E-state index in [0.29, 0.717) is 24.0 Å². The smallest absolute Gasteiger partial charge is 0.302 e. The zero-order valence-electron chi connectivity index (χ0n) is 24.6. The number of hydrogen-bond acceptors (Lipinski definition) is 7. The highest BCUT2D eigenvalue weighted by Crippen LogP contribution is 2.80. The number of ether oxygens (including phenoxy) is 1. The maximum absolute atomic E-state index is 14.6. The molecule has 212 valence electrons. The SMILES string of the molecule is CC(=O)O[C@@H]1[C@@H]2C(C)=C3C[C@H](C(C)C)C(=O)C[C@H](C)[C@@]31[C@H]1C(=O)C(C)=C3C=C4C(C)(C)OO[C@]4(O)C[C@H](C)[C@@]312. The lowest BCUT2D eigenvalue weighted by Crippen LogP contribution is -2.50. The van der Waals surface area contributed by atoms with Crippen LogP contribution in [-0.4, -0.2) is 40.1 Å². The fourth-order valence-corrected chi connectivity index (χ4v) is 10.2. The van der Waals surface area contributed by atoms with Crippen LogP contribution in [0.1, 0.15) is 81.6 Å². The predicted molar refractivity (Wildman–Crippen MR) is 143 cm³/mol. The summed E-state index contributed by atoms with van der Waals surface area (Å²) >= 11 is 0. The number of carbonyl (C=O) groups is 3. The lowest BCUT2D eigenvalue weighted by molar-refractivity contribution is -0.392. The molecule has 0 radical (unpaired) electrons. The third-order valence-electron chi connectivity index (χ3n) is 11.6. The zero-order chi connectivity index (χ0) is 28.6. The second-order valence-electron chi connectivity index (χ2n) is 14.1. The number of hydrogen-bond donors (Lipinski definition) is 1. The molecule has 0 amide bonds. The first-order valence-corrected chi connectivity index (χ1v) is 14.5. The second kappa shape index (κ2) is 8.01. The average molecular weight is 539 g/mol. The van der Waals surface area contributed by atoms with Gasteiger partial charge in [-0.15, -0.1) is 0 Å². The first kappa shape index (κ1) is 27.1. The molecule has 1 saturated heterocycles. The Hall–Kier alpha value is -2.09. The molecule has 1 aliphatic heterocycles. The Morgan fingerprint density at radius 3 is 2.36 bits per heavy atom. The highest BCUT2D eigenvalue weighted by atomic mass is 17.2. The Morgan fingerprint density at radius 1 is 1.08 bits per heavy atom. The van der Waals surface area contributed by atoms with Crippen LogP contribution in [0.2, 0.25) is 0 Å². The van der Waals surface area contributed by atoms with Gasteiger partial charge in [0.2, 0.25) is 5.79 Å². The molecule has 1 heterocycles. The van der Waals surface area contributed by atoms with Crippen molar-refractivity contribution in [1.82, 2.24) is 0 Å². The Kier molecular flexibility index (Phi) is 5.57. The van der Waals surface area contributed by atoms with Crippen LogP contribution in [0.5, 0.6) is 0 Å². The van der Waals surface area contributed by atoms with E-state index < -0.39 is 34.2 Å². The molecular formula is C32H42O7. The number of ketones is 2. The van der Waals surface area contributed by atoms with Gasteiger partial charge in [-0.2, -0.15) is 4.89 Å². The summed E-state index contributed by atoms with van der Waals surface area (Å²) in [6, 6.07) is 0. The van der Waals surface area contributed by atoms with E-state index in [2.05, 4.69) is 34.6 Å². The third-order valence-corrected chi connectivity index (χ3v) is 11.6. The fraction of sp³-hybridized carbons (Fsp3) is 0.719. The normalized spacial score (nSPS) is 46.1. The molecule has 39 heavy (non-hydrogen) atoms. The molecule has 6 rings (SSSR count). The summed E-state index contributed by atoms with van der Waals surface area (Å²) in [4.78, 5) is 52.1. The van der Waals surface area contributed by atoms with Crippen LogP contribution in [0.25, 0.3) is 0 Å². The van der Waals surface area contributed by atoms with Gasteiger partial charge in [0.15, 0.2) is 5.78 Å². The minimum Gasteiger partial charge on any atom is -0.461 e. The van der Waals surface area contributed by atoms with Crippen molar-refractivity contribution >= 4 is 17.5 Å². The molecule has 7 nitrogen and oxygen atoms in total. The Labute approximate surface area is 230 Å². The Bertz CT molecular complexity index is 1300. The largest absolute Gasteiger partial charge is 0.461 e. The molecule has 5 aliphatic carbocycles. The van der Waals surface area contributed by atoms with Gasteiger partial charge < -0.3 is 9.84 Å². The molecule has 1 N–H and O–H groups in total. The van der Waals surface area contributed by atoms with Crippen molar-refractivity contribution in [2.45, 2.75) is 99.1 Å². The maximum Gasteiger partial charge on any atom is 0.302 e. The first-order chi connectivity index (χ1) is 18.1. The summed E-state index contributed by atoms with van der Waals surface area (Å²) < 4.78 is 6.29. The van der Waals surface area contributed by atoms with E-state index in [-0.39, 0.29) is 53.5 Å². The summed E-state index contributed by atoms with van der Waals surface area (Å²) in [5.74, 6) is -2.77. The minimum atomic E-state index is -1.62. The number of Topliss-reactive ketones (excluding diaryl/α,β-unsaturated/α-hetero) is 2. The average Bonchev–Trinajstić information content (AvgIpc) is 3.32. The van der Waals surface area contributed by atoms with Crippen LogP contribution in [-0.2, 0) is 28.9 Å². The Morgan fingerprint density at radius 2 is 1.74 bits per heavy atom. The summed E-state index contributed by atoms with van der Waals surface area (Å²) in [5, 5.41) is 11.8. The molecule has 6 aliphatic rings. The van der Waals surface area contributed by atoms with Gasteiger partial charge >= 0.3 is 5.97 Å². The van der Waals surface area contributed by atoms with Gasteiger partial charge in [0, 0.05) is 53.9 Å². The van der Waals surface area contributed by atoms with Gasteiger partial charge in [-0.05, 0) is 63.0 Å². The van der Waals surface area contributed by atoms with Crippen LogP contribution < -0.4 is 0 Å². The third kappa shape index (κ3) is 2.97. The van der Waals surface area contributed by atoms with Gasteiger partial charge in [0.1, 0.15) is 17.5 Å². The number of allylic oxidation sites excluding steroid dienone is 3. The second-order valence-corrected chi connectivity index (χ2v) is 14.1.